The normalized spacial score (nSPS) is 9.64. The molecule has 11 heavy (non-hydrogen) atoms. The summed E-state index contributed by atoms with van der Waals surface area (Å²) in [4.78, 5) is 2.06. The van der Waals surface area contributed by atoms with Gasteiger partial charge in [-0.05, 0) is 14.1 Å². The molecule has 0 aromatic rings. The van der Waals surface area contributed by atoms with Gasteiger partial charge in [-0.3, -0.25) is 0 Å². The molecule has 0 aliphatic rings. The third-order valence-electron chi connectivity index (χ3n) is 1.10. The summed E-state index contributed by atoms with van der Waals surface area (Å²) in [7, 11) is 4.00. The van der Waals surface area contributed by atoms with Crippen molar-refractivity contribution in [2.24, 2.45) is 0 Å². The SMILES string of the molecule is C#COCCOCCN(C)C. The number of likely N-dealkylation sites (N-methyl/N-ethyl adjacent to an activating group) is 1. The molecule has 0 radical (unpaired) electrons. The van der Waals surface area contributed by atoms with Crippen LogP contribution in [-0.2, 0) is 9.47 Å². The van der Waals surface area contributed by atoms with E-state index < -0.39 is 0 Å². The van der Waals surface area contributed by atoms with Crippen molar-refractivity contribution in [1.82, 2.24) is 4.90 Å². The van der Waals surface area contributed by atoms with Crippen LogP contribution in [0.5, 0.6) is 0 Å². The molecule has 3 heteroatoms. The second kappa shape index (κ2) is 7.39. The van der Waals surface area contributed by atoms with Gasteiger partial charge in [-0.2, -0.15) is 0 Å². The molecule has 0 rings (SSSR count). The van der Waals surface area contributed by atoms with Crippen LogP contribution in [0.2, 0.25) is 0 Å². The van der Waals surface area contributed by atoms with Crippen molar-refractivity contribution in [2.75, 3.05) is 40.5 Å². The predicted octanol–water partition coefficient (Wildman–Crippen LogP) is 0.172. The highest BCUT2D eigenvalue weighted by molar-refractivity contribution is 4.67. The van der Waals surface area contributed by atoms with Crippen LogP contribution in [0.25, 0.3) is 0 Å². The highest BCUT2D eigenvalue weighted by Gasteiger charge is 1.89. The summed E-state index contributed by atoms with van der Waals surface area (Å²) in [5, 5.41) is 0. The Morgan fingerprint density at radius 1 is 1.27 bits per heavy atom. The standard InChI is InChI=1S/C8H15NO2/c1-4-10-7-8-11-6-5-9(2)3/h1H,5-8H2,2-3H3. The molecule has 0 saturated carbocycles. The zero-order valence-electron chi connectivity index (χ0n) is 7.17. The summed E-state index contributed by atoms with van der Waals surface area (Å²) >= 11 is 0. The molecule has 0 spiro atoms. The molecule has 64 valence electrons. The van der Waals surface area contributed by atoms with Gasteiger partial charge < -0.3 is 14.4 Å². The maximum Gasteiger partial charge on any atom is 0.123 e. The Bertz CT molecular complexity index is 118. The van der Waals surface area contributed by atoms with Crippen LogP contribution >= 0.6 is 0 Å². The van der Waals surface area contributed by atoms with Crippen LogP contribution in [0.1, 0.15) is 0 Å². The number of ether oxygens (including phenoxy) is 2. The van der Waals surface area contributed by atoms with Gasteiger partial charge in [0, 0.05) is 6.54 Å². The van der Waals surface area contributed by atoms with E-state index in [2.05, 4.69) is 15.7 Å². The van der Waals surface area contributed by atoms with Gasteiger partial charge in [0.1, 0.15) is 12.7 Å². The third kappa shape index (κ3) is 9.28. The molecule has 0 atom stereocenters. The first kappa shape index (κ1) is 10.3. The van der Waals surface area contributed by atoms with Crippen LogP contribution in [0.3, 0.4) is 0 Å². The van der Waals surface area contributed by atoms with Crippen LogP contribution in [-0.4, -0.2) is 45.4 Å². The molecule has 0 aliphatic heterocycles. The molecule has 0 N–H and O–H groups in total. The Balaban J connectivity index is 2.86. The van der Waals surface area contributed by atoms with E-state index >= 15 is 0 Å². The minimum atomic E-state index is 0.476. The van der Waals surface area contributed by atoms with E-state index in [1.165, 1.54) is 0 Å². The fourth-order valence-corrected chi connectivity index (χ4v) is 0.509. The van der Waals surface area contributed by atoms with Crippen molar-refractivity contribution in [2.45, 2.75) is 0 Å². The molecule has 0 saturated heterocycles. The monoisotopic (exact) mass is 157 g/mol. The summed E-state index contributed by atoms with van der Waals surface area (Å²) in [6.07, 6.45) is 6.93. The number of hydrogen-bond donors (Lipinski definition) is 0. The van der Waals surface area contributed by atoms with Gasteiger partial charge in [-0.15, -0.1) is 0 Å². The fourth-order valence-electron chi connectivity index (χ4n) is 0.509. The molecule has 3 nitrogen and oxygen atoms in total. The van der Waals surface area contributed by atoms with Gasteiger partial charge in [0.15, 0.2) is 0 Å². The van der Waals surface area contributed by atoms with E-state index in [4.69, 9.17) is 11.2 Å². The minimum Gasteiger partial charge on any atom is -0.444 e. The quantitative estimate of drug-likeness (QED) is 0.405. The third-order valence-corrected chi connectivity index (χ3v) is 1.10. The lowest BCUT2D eigenvalue weighted by atomic mass is 10.6. The Labute approximate surface area is 68.3 Å². The zero-order valence-corrected chi connectivity index (χ0v) is 7.17. The summed E-state index contributed by atoms with van der Waals surface area (Å²) < 4.78 is 9.81. The lowest BCUT2D eigenvalue weighted by Crippen LogP contribution is -2.18. The molecule has 0 heterocycles. The van der Waals surface area contributed by atoms with Crippen molar-refractivity contribution >= 4 is 0 Å². The van der Waals surface area contributed by atoms with Crippen molar-refractivity contribution in [3.63, 3.8) is 0 Å². The smallest absolute Gasteiger partial charge is 0.123 e. The Hall–Kier alpha value is -0.720. The van der Waals surface area contributed by atoms with E-state index in [0.29, 0.717) is 13.2 Å². The van der Waals surface area contributed by atoms with Gasteiger partial charge in [-0.25, -0.2) is 0 Å². The first-order chi connectivity index (χ1) is 5.27. The van der Waals surface area contributed by atoms with Crippen LogP contribution < -0.4 is 0 Å². The number of terminal acetylenes is 1. The lowest BCUT2D eigenvalue weighted by molar-refractivity contribution is 0.0812. The highest BCUT2D eigenvalue weighted by atomic mass is 16.5. The van der Waals surface area contributed by atoms with Crippen LogP contribution in [0, 0.1) is 12.5 Å². The average molecular weight is 157 g/mol. The Kier molecular flexibility index (Phi) is 6.90. The Morgan fingerprint density at radius 2 is 2.00 bits per heavy atom. The highest BCUT2D eigenvalue weighted by Crippen LogP contribution is 1.79. The molecular formula is C8H15NO2. The van der Waals surface area contributed by atoms with E-state index in [1.807, 2.05) is 14.1 Å². The van der Waals surface area contributed by atoms with E-state index in [-0.39, 0.29) is 0 Å². The van der Waals surface area contributed by atoms with Crippen LogP contribution in [0.4, 0.5) is 0 Å². The minimum absolute atomic E-state index is 0.476. The summed E-state index contributed by atoms with van der Waals surface area (Å²) in [6, 6.07) is 0. The molecule has 0 aromatic carbocycles. The predicted molar refractivity (Wildman–Crippen MR) is 44.2 cm³/mol. The second-order valence-electron chi connectivity index (χ2n) is 2.38. The summed E-state index contributed by atoms with van der Waals surface area (Å²) in [5.74, 6) is 0. The van der Waals surface area contributed by atoms with Gasteiger partial charge in [-0.1, -0.05) is 6.42 Å². The molecule has 0 bridgehead atoms. The van der Waals surface area contributed by atoms with Crippen molar-refractivity contribution in [3.8, 4) is 12.5 Å². The average Bonchev–Trinajstić information content (AvgIpc) is 1.96. The van der Waals surface area contributed by atoms with Gasteiger partial charge >= 0.3 is 0 Å². The Morgan fingerprint density at radius 3 is 2.55 bits per heavy atom. The number of hydrogen-bond acceptors (Lipinski definition) is 3. The largest absolute Gasteiger partial charge is 0.444 e. The van der Waals surface area contributed by atoms with Gasteiger partial charge in [0.05, 0.1) is 13.2 Å². The molecule has 0 unspecified atom stereocenters. The number of rotatable bonds is 6. The lowest BCUT2D eigenvalue weighted by Gasteiger charge is -2.08. The van der Waals surface area contributed by atoms with Gasteiger partial charge in [0.2, 0.25) is 0 Å². The summed E-state index contributed by atoms with van der Waals surface area (Å²) in [5.41, 5.74) is 0. The van der Waals surface area contributed by atoms with Gasteiger partial charge in [0.25, 0.3) is 0 Å². The maximum absolute atomic E-state index is 5.18. The molecule has 0 amide bonds. The molecule has 0 fully saturated rings. The fraction of sp³-hybridized carbons (Fsp3) is 0.750. The van der Waals surface area contributed by atoms with E-state index in [0.717, 1.165) is 13.2 Å². The van der Waals surface area contributed by atoms with Crippen molar-refractivity contribution in [3.05, 3.63) is 0 Å². The van der Waals surface area contributed by atoms with Crippen LogP contribution in [0.15, 0.2) is 0 Å². The van der Waals surface area contributed by atoms with E-state index in [1.54, 1.807) is 0 Å². The van der Waals surface area contributed by atoms with Crippen molar-refractivity contribution in [1.29, 1.82) is 0 Å². The zero-order chi connectivity index (χ0) is 8.53. The van der Waals surface area contributed by atoms with E-state index in [9.17, 15) is 0 Å². The maximum atomic E-state index is 5.18. The first-order valence-corrected chi connectivity index (χ1v) is 3.57. The number of nitrogens with zero attached hydrogens (tertiary/aromatic N) is 1. The topological polar surface area (TPSA) is 21.7 Å². The summed E-state index contributed by atoms with van der Waals surface area (Å²) in [6.45, 7) is 2.69. The molecule has 0 aliphatic carbocycles. The second-order valence-corrected chi connectivity index (χ2v) is 2.38. The molecular weight excluding hydrogens is 142 g/mol. The first-order valence-electron chi connectivity index (χ1n) is 3.57. The van der Waals surface area contributed by atoms with Crippen molar-refractivity contribution < 1.29 is 9.47 Å². The molecule has 0 aromatic heterocycles.